The Kier molecular flexibility index (Phi) is 4.06. The number of hydrogen-bond acceptors (Lipinski definition) is 2. The maximum Gasteiger partial charge on any atom is 0.0639 e. The van der Waals surface area contributed by atoms with Crippen LogP contribution < -0.4 is 10.2 Å². The fourth-order valence-electron chi connectivity index (χ4n) is 1.16. The minimum absolute atomic E-state index is 0.807. The molecule has 0 aliphatic rings. The summed E-state index contributed by atoms with van der Waals surface area (Å²) in [6.07, 6.45) is 0. The van der Waals surface area contributed by atoms with Crippen molar-refractivity contribution in [3.63, 3.8) is 0 Å². The van der Waals surface area contributed by atoms with Crippen molar-refractivity contribution >= 4 is 17.3 Å². The average molecular weight is 199 g/mol. The molecular formula is C10H15ClN2. The van der Waals surface area contributed by atoms with E-state index in [1.807, 2.05) is 38.4 Å². The van der Waals surface area contributed by atoms with Gasteiger partial charge in [-0.3, -0.25) is 0 Å². The lowest BCUT2D eigenvalue weighted by atomic mass is 10.3. The lowest BCUT2D eigenvalue weighted by Gasteiger charge is -2.19. The van der Waals surface area contributed by atoms with Gasteiger partial charge in [0, 0.05) is 20.1 Å². The molecule has 1 rings (SSSR count). The second-order valence-corrected chi connectivity index (χ2v) is 3.38. The van der Waals surface area contributed by atoms with Gasteiger partial charge >= 0.3 is 0 Å². The van der Waals surface area contributed by atoms with Crippen LogP contribution in [0.25, 0.3) is 0 Å². The van der Waals surface area contributed by atoms with Crippen molar-refractivity contribution in [3.8, 4) is 0 Å². The van der Waals surface area contributed by atoms with Crippen LogP contribution in [0.1, 0.15) is 0 Å². The molecule has 0 fully saturated rings. The maximum atomic E-state index is 6.04. The first kappa shape index (κ1) is 10.4. The lowest BCUT2D eigenvalue weighted by molar-refractivity contribution is 0.768. The van der Waals surface area contributed by atoms with Crippen LogP contribution in [0, 0.1) is 0 Å². The average Bonchev–Trinajstić information content (AvgIpc) is 2.15. The third kappa shape index (κ3) is 2.90. The first-order valence-electron chi connectivity index (χ1n) is 4.36. The van der Waals surface area contributed by atoms with Crippen molar-refractivity contribution in [2.45, 2.75) is 0 Å². The summed E-state index contributed by atoms with van der Waals surface area (Å²) >= 11 is 6.04. The molecule has 0 aromatic heterocycles. The smallest absolute Gasteiger partial charge is 0.0639 e. The highest BCUT2D eigenvalue weighted by Gasteiger charge is 2.03. The lowest BCUT2D eigenvalue weighted by Crippen LogP contribution is -2.27. The summed E-state index contributed by atoms with van der Waals surface area (Å²) in [4.78, 5) is 2.14. The summed E-state index contributed by atoms with van der Waals surface area (Å²) in [6, 6.07) is 7.87. The zero-order valence-corrected chi connectivity index (χ0v) is 8.80. The molecule has 13 heavy (non-hydrogen) atoms. The van der Waals surface area contributed by atoms with Gasteiger partial charge in [0.25, 0.3) is 0 Å². The predicted molar refractivity (Wildman–Crippen MR) is 58.6 cm³/mol. The minimum atomic E-state index is 0.807. The number of benzene rings is 1. The molecule has 0 amide bonds. The molecule has 72 valence electrons. The largest absolute Gasteiger partial charge is 0.372 e. The third-order valence-electron chi connectivity index (χ3n) is 1.96. The molecule has 0 radical (unpaired) electrons. The number of rotatable bonds is 4. The van der Waals surface area contributed by atoms with E-state index in [4.69, 9.17) is 11.6 Å². The number of anilines is 1. The molecule has 0 saturated carbocycles. The number of nitrogens with one attached hydrogen (secondary N) is 1. The Morgan fingerprint density at radius 2 is 2.08 bits per heavy atom. The van der Waals surface area contributed by atoms with Crippen LogP contribution >= 0.6 is 11.6 Å². The highest BCUT2D eigenvalue weighted by Crippen LogP contribution is 2.23. The van der Waals surface area contributed by atoms with Crippen LogP contribution in [0.3, 0.4) is 0 Å². The monoisotopic (exact) mass is 198 g/mol. The van der Waals surface area contributed by atoms with E-state index in [9.17, 15) is 0 Å². The number of hydrogen-bond donors (Lipinski definition) is 1. The Labute approximate surface area is 84.5 Å². The first-order valence-corrected chi connectivity index (χ1v) is 4.73. The fourth-order valence-corrected chi connectivity index (χ4v) is 1.44. The van der Waals surface area contributed by atoms with Crippen LogP contribution in [-0.2, 0) is 0 Å². The van der Waals surface area contributed by atoms with E-state index in [0.717, 1.165) is 23.8 Å². The van der Waals surface area contributed by atoms with Gasteiger partial charge in [0.1, 0.15) is 0 Å². The zero-order chi connectivity index (χ0) is 9.68. The van der Waals surface area contributed by atoms with Crippen LogP contribution in [0.2, 0.25) is 5.02 Å². The van der Waals surface area contributed by atoms with E-state index in [1.165, 1.54) is 0 Å². The van der Waals surface area contributed by atoms with Gasteiger partial charge in [-0.15, -0.1) is 0 Å². The molecular weight excluding hydrogens is 184 g/mol. The van der Waals surface area contributed by atoms with Gasteiger partial charge < -0.3 is 10.2 Å². The first-order chi connectivity index (χ1) is 6.25. The molecule has 0 spiro atoms. The molecule has 0 unspecified atom stereocenters. The Morgan fingerprint density at radius 1 is 1.38 bits per heavy atom. The zero-order valence-electron chi connectivity index (χ0n) is 8.05. The van der Waals surface area contributed by atoms with Gasteiger partial charge in [0.2, 0.25) is 0 Å². The van der Waals surface area contributed by atoms with E-state index in [2.05, 4.69) is 10.2 Å². The quantitative estimate of drug-likeness (QED) is 0.796. The van der Waals surface area contributed by atoms with E-state index in [-0.39, 0.29) is 0 Å². The molecule has 0 aliphatic carbocycles. The number of likely N-dealkylation sites (N-methyl/N-ethyl adjacent to an activating group) is 2. The maximum absolute atomic E-state index is 6.04. The van der Waals surface area contributed by atoms with Gasteiger partial charge in [-0.2, -0.15) is 0 Å². The normalized spacial score (nSPS) is 10.1. The van der Waals surface area contributed by atoms with Crippen LogP contribution in [0.15, 0.2) is 24.3 Å². The van der Waals surface area contributed by atoms with Crippen LogP contribution in [-0.4, -0.2) is 27.2 Å². The molecule has 0 atom stereocenters. The van der Waals surface area contributed by atoms with Crippen molar-refractivity contribution in [1.29, 1.82) is 0 Å². The van der Waals surface area contributed by atoms with Crippen molar-refractivity contribution in [2.24, 2.45) is 0 Å². The second kappa shape index (κ2) is 5.10. The Hall–Kier alpha value is -0.730. The Bertz CT molecular complexity index is 263. The van der Waals surface area contributed by atoms with E-state index < -0.39 is 0 Å². The van der Waals surface area contributed by atoms with Crippen molar-refractivity contribution < 1.29 is 0 Å². The highest BCUT2D eigenvalue weighted by molar-refractivity contribution is 6.33. The summed E-state index contributed by atoms with van der Waals surface area (Å²) in [6.45, 7) is 1.92. The second-order valence-electron chi connectivity index (χ2n) is 2.98. The molecule has 0 aliphatic heterocycles. The van der Waals surface area contributed by atoms with Crippen molar-refractivity contribution in [3.05, 3.63) is 29.3 Å². The van der Waals surface area contributed by atoms with Gasteiger partial charge in [-0.05, 0) is 19.2 Å². The van der Waals surface area contributed by atoms with Gasteiger partial charge in [0.05, 0.1) is 10.7 Å². The van der Waals surface area contributed by atoms with Gasteiger partial charge in [0.15, 0.2) is 0 Å². The van der Waals surface area contributed by atoms with Gasteiger partial charge in [-0.25, -0.2) is 0 Å². The number of halogens is 1. The Morgan fingerprint density at radius 3 is 2.69 bits per heavy atom. The number of para-hydroxylation sites is 1. The third-order valence-corrected chi connectivity index (χ3v) is 2.28. The molecule has 1 N–H and O–H groups in total. The summed E-state index contributed by atoms with van der Waals surface area (Å²) in [5.41, 5.74) is 1.08. The summed E-state index contributed by atoms with van der Waals surface area (Å²) in [5, 5.41) is 3.91. The molecule has 0 heterocycles. The van der Waals surface area contributed by atoms with E-state index >= 15 is 0 Å². The van der Waals surface area contributed by atoms with E-state index in [0.29, 0.717) is 0 Å². The molecule has 3 heteroatoms. The van der Waals surface area contributed by atoms with Crippen LogP contribution in [0.4, 0.5) is 5.69 Å². The highest BCUT2D eigenvalue weighted by atomic mass is 35.5. The summed E-state index contributed by atoms with van der Waals surface area (Å²) in [5.74, 6) is 0. The van der Waals surface area contributed by atoms with Gasteiger partial charge in [-0.1, -0.05) is 23.7 Å². The predicted octanol–water partition coefficient (Wildman–Crippen LogP) is 2.00. The minimum Gasteiger partial charge on any atom is -0.372 e. The Balaban J connectivity index is 2.65. The molecule has 0 bridgehead atoms. The molecule has 2 nitrogen and oxygen atoms in total. The summed E-state index contributed by atoms with van der Waals surface area (Å²) < 4.78 is 0. The van der Waals surface area contributed by atoms with Crippen LogP contribution in [0.5, 0.6) is 0 Å². The standard InChI is InChI=1S/C10H15ClN2/c1-12-7-8-13(2)10-6-4-3-5-9(10)11/h3-6,12H,7-8H2,1-2H3. The molecule has 1 aromatic rings. The molecule has 0 saturated heterocycles. The molecule has 1 aromatic carbocycles. The van der Waals surface area contributed by atoms with E-state index in [1.54, 1.807) is 0 Å². The summed E-state index contributed by atoms with van der Waals surface area (Å²) in [7, 11) is 3.99. The topological polar surface area (TPSA) is 15.3 Å². The van der Waals surface area contributed by atoms with Crippen molar-refractivity contribution in [2.75, 3.05) is 32.1 Å². The SMILES string of the molecule is CNCCN(C)c1ccccc1Cl. The fraction of sp³-hybridized carbons (Fsp3) is 0.400. The number of nitrogens with zero attached hydrogens (tertiary/aromatic N) is 1. The van der Waals surface area contributed by atoms with Crippen molar-refractivity contribution in [1.82, 2.24) is 5.32 Å².